The van der Waals surface area contributed by atoms with Crippen LogP contribution in [-0.4, -0.2) is 48.9 Å². The van der Waals surface area contributed by atoms with Crippen LogP contribution in [0.3, 0.4) is 0 Å². The summed E-state index contributed by atoms with van der Waals surface area (Å²) >= 11 is 0. The SMILES string of the molecule is CN1CCN(C2=C=NC=C2)CC1. The van der Waals surface area contributed by atoms with Crippen LogP contribution in [0.25, 0.3) is 0 Å². The van der Waals surface area contributed by atoms with Gasteiger partial charge in [-0.1, -0.05) is 0 Å². The Morgan fingerprint density at radius 2 is 2.08 bits per heavy atom. The van der Waals surface area contributed by atoms with Gasteiger partial charge in [0.15, 0.2) is 0 Å². The first-order valence-corrected chi connectivity index (χ1v) is 4.29. The van der Waals surface area contributed by atoms with E-state index < -0.39 is 0 Å². The van der Waals surface area contributed by atoms with Crippen molar-refractivity contribution in [1.82, 2.24) is 9.80 Å². The first-order chi connectivity index (χ1) is 5.86. The average Bonchev–Trinajstić information content (AvgIpc) is 2.58. The number of hydrogen-bond donors (Lipinski definition) is 0. The second kappa shape index (κ2) is 3.13. The predicted octanol–water partition coefficient (Wildman–Crippen LogP) is 0.315. The summed E-state index contributed by atoms with van der Waals surface area (Å²) in [7, 11) is 2.16. The first-order valence-electron chi connectivity index (χ1n) is 4.29. The van der Waals surface area contributed by atoms with E-state index in [4.69, 9.17) is 0 Å². The average molecular weight is 163 g/mol. The quantitative estimate of drug-likeness (QED) is 0.554. The van der Waals surface area contributed by atoms with Gasteiger partial charge in [-0.05, 0) is 13.1 Å². The van der Waals surface area contributed by atoms with Crippen molar-refractivity contribution in [2.24, 2.45) is 4.99 Å². The zero-order valence-electron chi connectivity index (χ0n) is 7.32. The highest BCUT2D eigenvalue weighted by molar-refractivity contribution is 5.65. The molecule has 0 aromatic rings. The van der Waals surface area contributed by atoms with E-state index in [2.05, 4.69) is 27.7 Å². The minimum absolute atomic E-state index is 1.10. The summed E-state index contributed by atoms with van der Waals surface area (Å²) in [5, 5.41) is 0. The molecule has 0 unspecified atom stereocenters. The largest absolute Gasteiger partial charge is 0.361 e. The number of allylic oxidation sites excluding steroid dienone is 1. The van der Waals surface area contributed by atoms with E-state index in [-0.39, 0.29) is 0 Å². The molecule has 1 fully saturated rings. The van der Waals surface area contributed by atoms with Crippen LogP contribution >= 0.6 is 0 Å². The molecule has 0 saturated carbocycles. The first kappa shape index (κ1) is 7.59. The Labute approximate surface area is 72.7 Å². The number of nitrogens with zero attached hydrogens (tertiary/aromatic N) is 3. The molecule has 0 aromatic carbocycles. The molecule has 2 aliphatic heterocycles. The lowest BCUT2D eigenvalue weighted by Gasteiger charge is -2.33. The van der Waals surface area contributed by atoms with Gasteiger partial charge in [0.05, 0.1) is 0 Å². The molecule has 0 N–H and O–H groups in total. The summed E-state index contributed by atoms with van der Waals surface area (Å²) in [5.74, 6) is 2.98. The summed E-state index contributed by atoms with van der Waals surface area (Å²) in [6.07, 6.45) is 3.82. The summed E-state index contributed by atoms with van der Waals surface area (Å²) in [6, 6.07) is 0. The van der Waals surface area contributed by atoms with E-state index in [1.165, 1.54) is 0 Å². The molecule has 2 aliphatic rings. The van der Waals surface area contributed by atoms with Crippen LogP contribution in [0.15, 0.2) is 23.0 Å². The molecule has 2 heterocycles. The van der Waals surface area contributed by atoms with Crippen LogP contribution in [0.4, 0.5) is 0 Å². The topological polar surface area (TPSA) is 18.8 Å². The van der Waals surface area contributed by atoms with Gasteiger partial charge in [0.25, 0.3) is 0 Å². The summed E-state index contributed by atoms with van der Waals surface area (Å²) in [5.41, 5.74) is 1.14. The van der Waals surface area contributed by atoms with Crippen molar-refractivity contribution in [2.45, 2.75) is 0 Å². The van der Waals surface area contributed by atoms with Crippen molar-refractivity contribution in [2.75, 3.05) is 33.2 Å². The minimum Gasteiger partial charge on any atom is -0.361 e. The molecule has 3 heteroatoms. The molecule has 0 aromatic heterocycles. The third kappa shape index (κ3) is 1.42. The van der Waals surface area contributed by atoms with Gasteiger partial charge in [-0.2, -0.15) is 0 Å². The summed E-state index contributed by atoms with van der Waals surface area (Å²) in [6.45, 7) is 4.47. The number of aliphatic imine (C=N–C) groups is 1. The van der Waals surface area contributed by atoms with E-state index in [9.17, 15) is 0 Å². The van der Waals surface area contributed by atoms with Gasteiger partial charge in [-0.15, -0.1) is 0 Å². The van der Waals surface area contributed by atoms with Crippen LogP contribution in [0.1, 0.15) is 0 Å². The standard InChI is InChI=1S/C9H13N3/c1-11-4-6-12(7-5-11)9-2-3-10-8-9/h2-3H,4-7H2,1H3. The highest BCUT2D eigenvalue weighted by atomic mass is 15.3. The van der Waals surface area contributed by atoms with E-state index in [0.717, 1.165) is 31.9 Å². The van der Waals surface area contributed by atoms with E-state index in [1.807, 2.05) is 6.08 Å². The monoisotopic (exact) mass is 163 g/mol. The van der Waals surface area contributed by atoms with E-state index in [0.29, 0.717) is 0 Å². The minimum atomic E-state index is 1.10. The van der Waals surface area contributed by atoms with Crippen LogP contribution < -0.4 is 0 Å². The maximum absolute atomic E-state index is 3.94. The Morgan fingerprint density at radius 3 is 2.67 bits per heavy atom. The molecule has 1 saturated heterocycles. The van der Waals surface area contributed by atoms with Crippen molar-refractivity contribution >= 4 is 5.87 Å². The van der Waals surface area contributed by atoms with Gasteiger partial charge in [0, 0.05) is 38.2 Å². The Bertz CT molecular complexity index is 253. The summed E-state index contributed by atoms with van der Waals surface area (Å²) in [4.78, 5) is 8.60. The number of hydrogen-bond acceptors (Lipinski definition) is 3. The van der Waals surface area contributed by atoms with Gasteiger partial charge in [0.2, 0.25) is 0 Å². The van der Waals surface area contributed by atoms with Crippen LogP contribution in [-0.2, 0) is 0 Å². The van der Waals surface area contributed by atoms with Gasteiger partial charge < -0.3 is 9.80 Å². The molecular formula is C9H13N3. The van der Waals surface area contributed by atoms with E-state index in [1.54, 1.807) is 6.20 Å². The third-order valence-corrected chi connectivity index (χ3v) is 2.33. The van der Waals surface area contributed by atoms with Crippen LogP contribution in [0, 0.1) is 0 Å². The van der Waals surface area contributed by atoms with Gasteiger partial charge in [0.1, 0.15) is 5.70 Å². The number of rotatable bonds is 1. The highest BCUT2D eigenvalue weighted by Crippen LogP contribution is 2.09. The Morgan fingerprint density at radius 1 is 1.33 bits per heavy atom. The highest BCUT2D eigenvalue weighted by Gasteiger charge is 2.15. The fourth-order valence-corrected chi connectivity index (χ4v) is 1.47. The van der Waals surface area contributed by atoms with Gasteiger partial charge >= 0.3 is 0 Å². The van der Waals surface area contributed by atoms with E-state index >= 15 is 0 Å². The number of likely N-dealkylation sites (N-methyl/N-ethyl adjacent to an activating group) is 1. The van der Waals surface area contributed by atoms with Crippen molar-refractivity contribution in [1.29, 1.82) is 0 Å². The summed E-state index contributed by atoms with van der Waals surface area (Å²) < 4.78 is 0. The normalized spacial score (nSPS) is 23.4. The maximum atomic E-state index is 3.94. The van der Waals surface area contributed by atoms with Crippen LogP contribution in [0.2, 0.25) is 0 Å². The van der Waals surface area contributed by atoms with Gasteiger partial charge in [-0.25, -0.2) is 4.99 Å². The fraction of sp³-hybridized carbons (Fsp3) is 0.556. The zero-order valence-corrected chi connectivity index (χ0v) is 7.32. The molecule has 2 rings (SSSR count). The Hall–Kier alpha value is -1.05. The Kier molecular flexibility index (Phi) is 1.98. The molecule has 0 bridgehead atoms. The molecule has 0 spiro atoms. The fourth-order valence-electron chi connectivity index (χ4n) is 1.47. The lowest BCUT2D eigenvalue weighted by Crippen LogP contribution is -2.43. The predicted molar refractivity (Wildman–Crippen MR) is 49.2 cm³/mol. The number of piperazine rings is 1. The lowest BCUT2D eigenvalue weighted by atomic mass is 10.3. The smallest absolute Gasteiger partial charge is 0.101 e. The molecule has 0 atom stereocenters. The Balaban J connectivity index is 1.98. The molecule has 12 heavy (non-hydrogen) atoms. The second-order valence-electron chi connectivity index (χ2n) is 3.23. The van der Waals surface area contributed by atoms with Gasteiger partial charge in [-0.3, -0.25) is 0 Å². The second-order valence-corrected chi connectivity index (χ2v) is 3.23. The van der Waals surface area contributed by atoms with Crippen molar-refractivity contribution in [3.63, 3.8) is 0 Å². The lowest BCUT2D eigenvalue weighted by molar-refractivity contribution is 0.192. The third-order valence-electron chi connectivity index (χ3n) is 2.33. The maximum Gasteiger partial charge on any atom is 0.101 e. The molecule has 64 valence electrons. The van der Waals surface area contributed by atoms with Crippen molar-refractivity contribution < 1.29 is 0 Å². The molecule has 0 amide bonds. The zero-order chi connectivity index (χ0) is 8.39. The van der Waals surface area contributed by atoms with Crippen LogP contribution in [0.5, 0.6) is 0 Å². The molecule has 0 aliphatic carbocycles. The van der Waals surface area contributed by atoms with Crippen molar-refractivity contribution in [3.05, 3.63) is 18.0 Å². The van der Waals surface area contributed by atoms with Crippen molar-refractivity contribution in [3.8, 4) is 0 Å². The molecule has 0 radical (unpaired) electrons. The molecule has 3 nitrogen and oxygen atoms in total. The molecular weight excluding hydrogens is 150 g/mol.